The van der Waals surface area contributed by atoms with Crippen molar-refractivity contribution < 1.29 is 0 Å². The molecule has 0 aliphatic heterocycles. The van der Waals surface area contributed by atoms with Crippen molar-refractivity contribution in [3.63, 3.8) is 0 Å². The monoisotopic (exact) mass is 168 g/mol. The van der Waals surface area contributed by atoms with Gasteiger partial charge in [0.15, 0.2) is 0 Å². The van der Waals surface area contributed by atoms with Crippen LogP contribution in [0.3, 0.4) is 0 Å². The van der Waals surface area contributed by atoms with Gasteiger partial charge in [0, 0.05) is 25.7 Å². The van der Waals surface area contributed by atoms with Gasteiger partial charge in [0.25, 0.3) is 0 Å². The largest absolute Gasteiger partial charge is 0.313 e. The fourth-order valence-electron chi connectivity index (χ4n) is 1.28. The Morgan fingerprint density at radius 2 is 2.33 bits per heavy atom. The average molecular weight is 168 g/mol. The molecule has 2 nitrogen and oxygen atoms in total. The molecule has 70 valence electrons. The predicted octanol–water partition coefficient (Wildman–Crippen LogP) is 1.25. The van der Waals surface area contributed by atoms with Crippen LogP contribution in [0.4, 0.5) is 0 Å². The normalized spacial score (nSPS) is 16.8. The highest BCUT2D eigenvalue weighted by molar-refractivity contribution is 4.81. The molecule has 1 saturated carbocycles. The topological polar surface area (TPSA) is 15.3 Å². The molecule has 12 heavy (non-hydrogen) atoms. The molecule has 0 saturated heterocycles. The highest BCUT2D eigenvalue weighted by Crippen LogP contribution is 2.17. The molecular formula is C10H20N2. The lowest BCUT2D eigenvalue weighted by molar-refractivity contribution is 0.317. The van der Waals surface area contributed by atoms with Gasteiger partial charge in [0.1, 0.15) is 0 Å². The van der Waals surface area contributed by atoms with Gasteiger partial charge in [-0.2, -0.15) is 0 Å². The summed E-state index contributed by atoms with van der Waals surface area (Å²) in [5.41, 5.74) is 0. The molecular weight excluding hydrogens is 148 g/mol. The van der Waals surface area contributed by atoms with Crippen molar-refractivity contribution in [2.24, 2.45) is 0 Å². The summed E-state index contributed by atoms with van der Waals surface area (Å²) in [7, 11) is 0. The summed E-state index contributed by atoms with van der Waals surface area (Å²) < 4.78 is 0. The van der Waals surface area contributed by atoms with Gasteiger partial charge in [-0.3, -0.25) is 4.90 Å². The second-order valence-corrected chi connectivity index (χ2v) is 3.41. The van der Waals surface area contributed by atoms with E-state index in [9.17, 15) is 0 Å². The van der Waals surface area contributed by atoms with Gasteiger partial charge in [-0.25, -0.2) is 0 Å². The number of hydrogen-bond donors (Lipinski definition) is 1. The quantitative estimate of drug-likeness (QED) is 0.575. The third kappa shape index (κ3) is 3.88. The molecule has 0 aromatic heterocycles. The second kappa shape index (κ2) is 5.33. The summed E-state index contributed by atoms with van der Waals surface area (Å²) in [4.78, 5) is 2.39. The maximum Gasteiger partial charge on any atom is 0.0161 e. The highest BCUT2D eigenvalue weighted by atomic mass is 15.1. The first-order valence-electron chi connectivity index (χ1n) is 4.93. The zero-order valence-electron chi connectivity index (χ0n) is 8.05. The molecule has 0 spiro atoms. The van der Waals surface area contributed by atoms with Gasteiger partial charge in [0.05, 0.1) is 0 Å². The molecule has 0 atom stereocenters. The Morgan fingerprint density at radius 1 is 1.58 bits per heavy atom. The van der Waals surface area contributed by atoms with E-state index in [-0.39, 0.29) is 0 Å². The second-order valence-electron chi connectivity index (χ2n) is 3.41. The number of likely N-dealkylation sites (N-methyl/N-ethyl adjacent to an activating group) is 1. The van der Waals surface area contributed by atoms with Gasteiger partial charge in [0.2, 0.25) is 0 Å². The molecule has 1 N–H and O–H groups in total. The molecule has 0 aromatic carbocycles. The summed E-state index contributed by atoms with van der Waals surface area (Å²) in [6, 6.07) is 0.840. The smallest absolute Gasteiger partial charge is 0.0161 e. The molecule has 0 amide bonds. The van der Waals surface area contributed by atoms with Crippen LogP contribution in [-0.4, -0.2) is 37.1 Å². The molecule has 0 aromatic rings. The first kappa shape index (κ1) is 9.75. The Kier molecular flexibility index (Phi) is 4.33. The summed E-state index contributed by atoms with van der Waals surface area (Å²) in [6.45, 7) is 10.4. The van der Waals surface area contributed by atoms with Crippen LogP contribution in [0.25, 0.3) is 0 Å². The lowest BCUT2D eigenvalue weighted by Crippen LogP contribution is -2.32. The lowest BCUT2D eigenvalue weighted by atomic mass is 10.4. The molecule has 1 fully saturated rings. The molecule has 0 bridgehead atoms. The van der Waals surface area contributed by atoms with Crippen LogP contribution in [0.2, 0.25) is 0 Å². The predicted molar refractivity (Wildman–Crippen MR) is 53.3 cm³/mol. The van der Waals surface area contributed by atoms with Gasteiger partial charge < -0.3 is 5.32 Å². The van der Waals surface area contributed by atoms with E-state index in [4.69, 9.17) is 0 Å². The Morgan fingerprint density at radius 3 is 2.83 bits per heavy atom. The van der Waals surface area contributed by atoms with Crippen LogP contribution in [0.15, 0.2) is 12.7 Å². The van der Waals surface area contributed by atoms with Crippen LogP contribution >= 0.6 is 0 Å². The van der Waals surface area contributed by atoms with E-state index in [0.29, 0.717) is 0 Å². The Bertz CT molecular complexity index is 130. The van der Waals surface area contributed by atoms with Crippen LogP contribution in [-0.2, 0) is 0 Å². The van der Waals surface area contributed by atoms with Crippen molar-refractivity contribution in [3.05, 3.63) is 12.7 Å². The maximum atomic E-state index is 3.74. The van der Waals surface area contributed by atoms with E-state index < -0.39 is 0 Å². The summed E-state index contributed by atoms with van der Waals surface area (Å²) >= 11 is 0. The van der Waals surface area contributed by atoms with Crippen LogP contribution < -0.4 is 5.32 Å². The SMILES string of the molecule is C=CCN(CC)CCNC1CC1. The zero-order chi connectivity index (χ0) is 8.81. The van der Waals surface area contributed by atoms with Gasteiger partial charge >= 0.3 is 0 Å². The van der Waals surface area contributed by atoms with Gasteiger partial charge in [-0.1, -0.05) is 13.0 Å². The summed E-state index contributed by atoms with van der Waals surface area (Å²) in [6.07, 6.45) is 4.74. The minimum atomic E-state index is 0.840. The Hall–Kier alpha value is -0.340. The fraction of sp³-hybridized carbons (Fsp3) is 0.800. The van der Waals surface area contributed by atoms with Crippen molar-refractivity contribution in [2.45, 2.75) is 25.8 Å². The van der Waals surface area contributed by atoms with Crippen LogP contribution in [0.5, 0.6) is 0 Å². The molecule has 0 heterocycles. The number of rotatable bonds is 7. The molecule has 0 radical (unpaired) electrons. The first-order valence-corrected chi connectivity index (χ1v) is 4.93. The van der Waals surface area contributed by atoms with Crippen LogP contribution in [0, 0.1) is 0 Å². The van der Waals surface area contributed by atoms with Crippen molar-refractivity contribution in [3.8, 4) is 0 Å². The van der Waals surface area contributed by atoms with E-state index in [1.54, 1.807) is 0 Å². The van der Waals surface area contributed by atoms with E-state index in [2.05, 4.69) is 23.7 Å². The molecule has 0 unspecified atom stereocenters. The van der Waals surface area contributed by atoms with E-state index in [1.165, 1.54) is 12.8 Å². The standard InChI is InChI=1S/C10H20N2/c1-3-8-12(4-2)9-7-11-10-5-6-10/h3,10-11H,1,4-9H2,2H3. The van der Waals surface area contributed by atoms with Crippen molar-refractivity contribution in [2.75, 3.05) is 26.2 Å². The average Bonchev–Trinajstić information content (AvgIpc) is 2.87. The molecule has 1 aliphatic carbocycles. The first-order chi connectivity index (χ1) is 5.86. The van der Waals surface area contributed by atoms with Crippen molar-refractivity contribution in [1.82, 2.24) is 10.2 Å². The number of hydrogen-bond acceptors (Lipinski definition) is 2. The maximum absolute atomic E-state index is 3.74. The summed E-state index contributed by atoms with van der Waals surface area (Å²) in [5, 5.41) is 3.50. The zero-order valence-corrected chi connectivity index (χ0v) is 8.05. The minimum Gasteiger partial charge on any atom is -0.313 e. The molecule has 1 aliphatic rings. The summed E-state index contributed by atoms with van der Waals surface area (Å²) in [5.74, 6) is 0. The van der Waals surface area contributed by atoms with Crippen LogP contribution in [0.1, 0.15) is 19.8 Å². The number of nitrogens with zero attached hydrogens (tertiary/aromatic N) is 1. The minimum absolute atomic E-state index is 0.840. The fourth-order valence-corrected chi connectivity index (χ4v) is 1.28. The number of nitrogens with one attached hydrogen (secondary N) is 1. The lowest BCUT2D eigenvalue weighted by Gasteiger charge is -2.18. The van der Waals surface area contributed by atoms with Crippen molar-refractivity contribution >= 4 is 0 Å². The molecule has 1 rings (SSSR count). The molecule has 2 heteroatoms. The van der Waals surface area contributed by atoms with E-state index in [0.717, 1.165) is 32.2 Å². The van der Waals surface area contributed by atoms with Gasteiger partial charge in [-0.05, 0) is 19.4 Å². The van der Waals surface area contributed by atoms with E-state index in [1.807, 2.05) is 6.08 Å². The third-order valence-electron chi connectivity index (χ3n) is 2.27. The van der Waals surface area contributed by atoms with Crippen molar-refractivity contribution in [1.29, 1.82) is 0 Å². The van der Waals surface area contributed by atoms with E-state index >= 15 is 0 Å². The Labute approximate surface area is 75.6 Å². The highest BCUT2D eigenvalue weighted by Gasteiger charge is 2.19. The van der Waals surface area contributed by atoms with Gasteiger partial charge in [-0.15, -0.1) is 6.58 Å². The Balaban J connectivity index is 1.96. The third-order valence-corrected chi connectivity index (χ3v) is 2.27.